The van der Waals surface area contributed by atoms with Crippen molar-refractivity contribution in [1.29, 1.82) is 0 Å². The molecule has 4 nitrogen and oxygen atoms in total. The van der Waals surface area contributed by atoms with Crippen LogP contribution in [0.3, 0.4) is 0 Å². The summed E-state index contributed by atoms with van der Waals surface area (Å²) >= 11 is 0. The topological polar surface area (TPSA) is 55.6 Å². The molecular weight excluding hydrogens is 228 g/mol. The van der Waals surface area contributed by atoms with Crippen molar-refractivity contribution in [1.82, 2.24) is 4.90 Å². The van der Waals surface area contributed by atoms with Crippen molar-refractivity contribution in [3.63, 3.8) is 0 Å². The Kier molecular flexibility index (Phi) is 4.59. The third kappa shape index (κ3) is 3.47. The fraction of sp³-hybridized carbons (Fsp3) is 0.500. The summed E-state index contributed by atoms with van der Waals surface area (Å²) in [7, 11) is 0. The van der Waals surface area contributed by atoms with Crippen LogP contribution in [0, 0.1) is 5.92 Å². The largest absolute Gasteiger partial charge is 0.445 e. The quantitative estimate of drug-likeness (QED) is 0.890. The second-order valence-corrected chi connectivity index (χ2v) is 4.73. The van der Waals surface area contributed by atoms with Crippen molar-refractivity contribution in [3.8, 4) is 0 Å². The predicted molar refractivity (Wildman–Crippen MR) is 70.0 cm³/mol. The number of nitrogens with zero attached hydrogens (tertiary/aromatic N) is 1. The van der Waals surface area contributed by atoms with Gasteiger partial charge in [0.2, 0.25) is 0 Å². The second kappa shape index (κ2) is 6.40. The highest BCUT2D eigenvalue weighted by Crippen LogP contribution is 2.16. The molecule has 1 aliphatic rings. The van der Waals surface area contributed by atoms with Crippen molar-refractivity contribution in [2.75, 3.05) is 19.6 Å². The minimum absolute atomic E-state index is 0.225. The normalized spacial score (nSPS) is 19.6. The van der Waals surface area contributed by atoms with E-state index in [1.54, 1.807) is 4.90 Å². The highest BCUT2D eigenvalue weighted by atomic mass is 16.6. The van der Waals surface area contributed by atoms with Crippen LogP contribution >= 0.6 is 0 Å². The number of ether oxygens (including phenoxy) is 1. The summed E-state index contributed by atoms with van der Waals surface area (Å²) in [6.07, 6.45) is 1.90. The number of benzene rings is 1. The summed E-state index contributed by atoms with van der Waals surface area (Å²) in [6, 6.07) is 9.73. The van der Waals surface area contributed by atoms with Crippen molar-refractivity contribution in [2.24, 2.45) is 11.7 Å². The van der Waals surface area contributed by atoms with Crippen LogP contribution in [0.1, 0.15) is 18.4 Å². The number of likely N-dealkylation sites (tertiary alicyclic amines) is 1. The molecule has 0 aliphatic carbocycles. The minimum atomic E-state index is -0.225. The number of carbonyl (C=O) groups excluding carboxylic acids is 1. The third-order valence-corrected chi connectivity index (χ3v) is 3.32. The monoisotopic (exact) mass is 248 g/mol. The van der Waals surface area contributed by atoms with E-state index in [1.165, 1.54) is 0 Å². The minimum Gasteiger partial charge on any atom is -0.445 e. The molecule has 2 N–H and O–H groups in total. The molecule has 18 heavy (non-hydrogen) atoms. The van der Waals surface area contributed by atoms with Crippen LogP contribution in [0.15, 0.2) is 30.3 Å². The van der Waals surface area contributed by atoms with Crippen LogP contribution in [-0.4, -0.2) is 30.6 Å². The lowest BCUT2D eigenvalue weighted by Crippen LogP contribution is -2.42. The number of rotatable bonds is 3. The van der Waals surface area contributed by atoms with Crippen LogP contribution in [-0.2, 0) is 11.3 Å². The van der Waals surface area contributed by atoms with Crippen LogP contribution in [0.4, 0.5) is 4.79 Å². The molecule has 1 amide bonds. The summed E-state index contributed by atoms with van der Waals surface area (Å²) in [4.78, 5) is 13.7. The van der Waals surface area contributed by atoms with Crippen molar-refractivity contribution < 1.29 is 9.53 Å². The molecule has 0 saturated carbocycles. The summed E-state index contributed by atoms with van der Waals surface area (Å²) in [5.74, 6) is 0.419. The van der Waals surface area contributed by atoms with Gasteiger partial charge in [0.1, 0.15) is 6.61 Å². The van der Waals surface area contributed by atoms with Crippen molar-refractivity contribution >= 4 is 6.09 Å². The maximum Gasteiger partial charge on any atom is 0.410 e. The van der Waals surface area contributed by atoms with Gasteiger partial charge >= 0.3 is 6.09 Å². The van der Waals surface area contributed by atoms with Gasteiger partial charge in [0, 0.05) is 13.1 Å². The lowest BCUT2D eigenvalue weighted by atomic mass is 9.99. The van der Waals surface area contributed by atoms with Gasteiger partial charge in [-0.15, -0.1) is 0 Å². The smallest absolute Gasteiger partial charge is 0.410 e. The highest BCUT2D eigenvalue weighted by molar-refractivity contribution is 5.67. The molecule has 2 rings (SSSR count). The zero-order valence-electron chi connectivity index (χ0n) is 10.5. The Labute approximate surface area is 108 Å². The van der Waals surface area contributed by atoms with Gasteiger partial charge in [-0.1, -0.05) is 30.3 Å². The number of hydrogen-bond acceptors (Lipinski definition) is 3. The molecular formula is C14H20N2O2. The van der Waals surface area contributed by atoms with Gasteiger partial charge < -0.3 is 15.4 Å². The summed E-state index contributed by atoms with van der Waals surface area (Å²) in [5, 5.41) is 0. The van der Waals surface area contributed by atoms with E-state index in [0.717, 1.165) is 31.5 Å². The Hall–Kier alpha value is -1.55. The van der Waals surface area contributed by atoms with Gasteiger partial charge in [0.05, 0.1) is 0 Å². The maximum atomic E-state index is 11.9. The van der Waals surface area contributed by atoms with E-state index in [1.807, 2.05) is 30.3 Å². The standard InChI is InChI=1S/C14H20N2O2/c15-9-13-7-4-8-16(10-13)14(17)18-11-12-5-2-1-3-6-12/h1-3,5-6,13H,4,7-11,15H2/t13-/m0/s1. The van der Waals surface area contributed by atoms with E-state index >= 15 is 0 Å². The molecule has 1 fully saturated rings. The van der Waals surface area contributed by atoms with Gasteiger partial charge in [-0.05, 0) is 30.9 Å². The molecule has 0 unspecified atom stereocenters. The first-order chi connectivity index (χ1) is 8.79. The molecule has 98 valence electrons. The van der Waals surface area contributed by atoms with Crippen LogP contribution in [0.2, 0.25) is 0 Å². The van der Waals surface area contributed by atoms with E-state index in [0.29, 0.717) is 19.1 Å². The molecule has 0 spiro atoms. The average Bonchev–Trinajstić information content (AvgIpc) is 2.46. The lowest BCUT2D eigenvalue weighted by Gasteiger charge is -2.31. The predicted octanol–water partition coefficient (Wildman–Crippen LogP) is 1.99. The molecule has 1 saturated heterocycles. The van der Waals surface area contributed by atoms with Gasteiger partial charge in [-0.25, -0.2) is 4.79 Å². The lowest BCUT2D eigenvalue weighted by molar-refractivity contribution is 0.0800. The summed E-state index contributed by atoms with van der Waals surface area (Å²) in [5.41, 5.74) is 6.66. The Morgan fingerprint density at radius 2 is 2.17 bits per heavy atom. The van der Waals surface area contributed by atoms with Gasteiger partial charge in [-0.3, -0.25) is 0 Å². The van der Waals surface area contributed by atoms with Gasteiger partial charge in [-0.2, -0.15) is 0 Å². The molecule has 0 bridgehead atoms. The molecule has 4 heteroatoms. The number of hydrogen-bond donors (Lipinski definition) is 1. The molecule has 1 atom stereocenters. The molecule has 1 aliphatic heterocycles. The van der Waals surface area contributed by atoms with Crippen molar-refractivity contribution in [3.05, 3.63) is 35.9 Å². The Bertz CT molecular complexity index is 381. The number of nitrogens with two attached hydrogens (primary N) is 1. The number of amides is 1. The second-order valence-electron chi connectivity index (χ2n) is 4.73. The van der Waals surface area contributed by atoms with Crippen molar-refractivity contribution in [2.45, 2.75) is 19.4 Å². The molecule has 0 aromatic heterocycles. The van der Waals surface area contributed by atoms with Gasteiger partial charge in [0.25, 0.3) is 0 Å². The Balaban J connectivity index is 1.81. The maximum absolute atomic E-state index is 11.9. The summed E-state index contributed by atoms with van der Waals surface area (Å²) < 4.78 is 5.31. The van der Waals surface area contributed by atoms with Gasteiger partial charge in [0.15, 0.2) is 0 Å². The first-order valence-electron chi connectivity index (χ1n) is 6.45. The highest BCUT2D eigenvalue weighted by Gasteiger charge is 2.23. The SMILES string of the molecule is NC[C@@H]1CCCN(C(=O)OCc2ccccc2)C1. The van der Waals surface area contributed by atoms with E-state index < -0.39 is 0 Å². The van der Waals surface area contributed by atoms with Crippen LogP contribution in [0.25, 0.3) is 0 Å². The molecule has 0 radical (unpaired) electrons. The molecule has 1 aromatic carbocycles. The first-order valence-corrected chi connectivity index (χ1v) is 6.45. The zero-order chi connectivity index (χ0) is 12.8. The Morgan fingerprint density at radius 3 is 2.89 bits per heavy atom. The Morgan fingerprint density at radius 1 is 1.39 bits per heavy atom. The summed E-state index contributed by atoms with van der Waals surface area (Å²) in [6.45, 7) is 2.49. The molecule has 1 heterocycles. The number of carbonyl (C=O) groups is 1. The van der Waals surface area contributed by atoms with Crippen LogP contribution in [0.5, 0.6) is 0 Å². The first kappa shape index (κ1) is 12.9. The van der Waals surface area contributed by atoms with E-state index in [4.69, 9.17) is 10.5 Å². The van der Waals surface area contributed by atoms with Crippen LogP contribution < -0.4 is 5.73 Å². The average molecular weight is 248 g/mol. The molecule has 1 aromatic rings. The fourth-order valence-corrected chi connectivity index (χ4v) is 2.23. The van der Waals surface area contributed by atoms with E-state index in [2.05, 4.69) is 0 Å². The fourth-order valence-electron chi connectivity index (χ4n) is 2.23. The number of piperidine rings is 1. The van der Waals surface area contributed by atoms with E-state index in [-0.39, 0.29) is 6.09 Å². The zero-order valence-corrected chi connectivity index (χ0v) is 10.5. The third-order valence-electron chi connectivity index (χ3n) is 3.32. The van der Waals surface area contributed by atoms with E-state index in [9.17, 15) is 4.79 Å².